The van der Waals surface area contributed by atoms with Gasteiger partial charge in [0.15, 0.2) is 0 Å². The summed E-state index contributed by atoms with van der Waals surface area (Å²) in [5.41, 5.74) is 9.00. The lowest BCUT2D eigenvalue weighted by molar-refractivity contribution is -0.139. The molecule has 0 aromatic carbocycles. The van der Waals surface area contributed by atoms with Crippen molar-refractivity contribution in [1.82, 2.24) is 9.88 Å². The molecule has 1 saturated carbocycles. The van der Waals surface area contributed by atoms with Crippen LogP contribution in [0.5, 0.6) is 0 Å². The van der Waals surface area contributed by atoms with Crippen molar-refractivity contribution in [1.29, 1.82) is 0 Å². The molecular formula is C33H57N3O. The standard InChI is InChI=1S/C27H40N2O.C5H12.CH5N/c1-5-7-8-13-27(4)25-11-14-26(3)23(21-16-20(6-2)17-28-18-21)9-10-24(26)22(25)12-15-29(27)19-30;1-3-5-4-2;1-2/h9,16-19,22,24-25H,5-8,10-15H2,1-4H3;3-5H2,1-2H3;2H2,1H3. The van der Waals surface area contributed by atoms with Gasteiger partial charge in [0.25, 0.3) is 0 Å². The van der Waals surface area contributed by atoms with Crippen LogP contribution in [0.2, 0.25) is 0 Å². The minimum Gasteiger partial charge on any atom is -0.340 e. The number of aromatic nitrogens is 1. The summed E-state index contributed by atoms with van der Waals surface area (Å²) in [7, 11) is 1.50. The van der Waals surface area contributed by atoms with Gasteiger partial charge in [0.1, 0.15) is 0 Å². The van der Waals surface area contributed by atoms with Gasteiger partial charge >= 0.3 is 0 Å². The number of pyridine rings is 1. The topological polar surface area (TPSA) is 59.2 Å². The van der Waals surface area contributed by atoms with Crippen LogP contribution in [-0.4, -0.2) is 35.4 Å². The Hall–Kier alpha value is -1.68. The highest BCUT2D eigenvalue weighted by Gasteiger charge is 2.57. The van der Waals surface area contributed by atoms with E-state index in [1.54, 1.807) is 5.57 Å². The van der Waals surface area contributed by atoms with Gasteiger partial charge in [-0.3, -0.25) is 9.78 Å². The minimum absolute atomic E-state index is 0.0353. The van der Waals surface area contributed by atoms with Gasteiger partial charge in [-0.15, -0.1) is 0 Å². The molecule has 2 N–H and O–H groups in total. The van der Waals surface area contributed by atoms with Crippen LogP contribution in [0.1, 0.15) is 123 Å². The smallest absolute Gasteiger partial charge is 0.210 e. The molecule has 2 aliphatic carbocycles. The van der Waals surface area contributed by atoms with E-state index in [1.165, 1.54) is 82.4 Å². The molecule has 4 heteroatoms. The third-order valence-corrected chi connectivity index (χ3v) is 9.81. The van der Waals surface area contributed by atoms with Crippen molar-refractivity contribution in [2.24, 2.45) is 28.9 Å². The van der Waals surface area contributed by atoms with Gasteiger partial charge in [0, 0.05) is 24.5 Å². The number of fused-ring (bicyclic) bond motifs is 3. The van der Waals surface area contributed by atoms with Crippen LogP contribution < -0.4 is 5.73 Å². The monoisotopic (exact) mass is 511 g/mol. The quantitative estimate of drug-likeness (QED) is 0.269. The first-order valence-corrected chi connectivity index (χ1v) is 15.3. The highest BCUT2D eigenvalue weighted by molar-refractivity contribution is 5.72. The van der Waals surface area contributed by atoms with E-state index in [2.05, 4.69) is 75.5 Å². The number of rotatable bonds is 9. The fraction of sp³-hybridized carbons (Fsp3) is 0.758. The van der Waals surface area contributed by atoms with Crippen LogP contribution >= 0.6 is 0 Å². The van der Waals surface area contributed by atoms with Gasteiger partial charge in [-0.05, 0) is 98.4 Å². The van der Waals surface area contributed by atoms with E-state index in [9.17, 15) is 4.79 Å². The SMILES string of the molecule is CCCCC.CCCCCC1(C)C2CCC3(C)C(c4cncc(CC)c4)=CCC3C2CCN1C=O.CN. The number of piperidine rings is 1. The fourth-order valence-electron chi connectivity index (χ4n) is 7.65. The van der Waals surface area contributed by atoms with Crippen LogP contribution in [0.25, 0.3) is 5.57 Å². The molecule has 37 heavy (non-hydrogen) atoms. The van der Waals surface area contributed by atoms with Crippen LogP contribution in [0.3, 0.4) is 0 Å². The van der Waals surface area contributed by atoms with E-state index < -0.39 is 0 Å². The molecule has 5 unspecified atom stereocenters. The van der Waals surface area contributed by atoms with Crippen molar-refractivity contribution in [3.8, 4) is 0 Å². The van der Waals surface area contributed by atoms with E-state index in [-0.39, 0.29) is 11.0 Å². The number of aryl methyl sites for hydroxylation is 1. The number of carbonyl (C=O) groups is 1. The number of unbranched alkanes of at least 4 members (excludes halogenated alkanes) is 4. The molecule has 2 heterocycles. The van der Waals surface area contributed by atoms with Crippen molar-refractivity contribution in [2.75, 3.05) is 13.6 Å². The molecule has 210 valence electrons. The first-order chi connectivity index (χ1) is 17.9. The molecule has 0 spiro atoms. The third kappa shape index (κ3) is 6.85. The molecule has 0 radical (unpaired) electrons. The summed E-state index contributed by atoms with van der Waals surface area (Å²) in [6.45, 7) is 14.7. The van der Waals surface area contributed by atoms with Gasteiger partial charge in [0.05, 0.1) is 0 Å². The zero-order valence-electron chi connectivity index (χ0n) is 25.2. The maximum Gasteiger partial charge on any atom is 0.210 e. The van der Waals surface area contributed by atoms with Crippen LogP contribution in [0.4, 0.5) is 0 Å². The molecule has 1 amide bonds. The van der Waals surface area contributed by atoms with Crippen molar-refractivity contribution in [3.63, 3.8) is 0 Å². The van der Waals surface area contributed by atoms with Gasteiger partial charge in [0.2, 0.25) is 6.41 Å². The lowest BCUT2D eigenvalue weighted by atomic mass is 9.52. The second-order valence-corrected chi connectivity index (χ2v) is 11.9. The lowest BCUT2D eigenvalue weighted by Crippen LogP contribution is -2.61. The number of nitrogens with two attached hydrogens (primary N) is 1. The summed E-state index contributed by atoms with van der Waals surface area (Å²) in [6.07, 6.45) is 22.6. The van der Waals surface area contributed by atoms with Gasteiger partial charge in [-0.25, -0.2) is 0 Å². The van der Waals surface area contributed by atoms with Crippen LogP contribution in [0, 0.1) is 23.2 Å². The van der Waals surface area contributed by atoms with E-state index in [0.717, 1.165) is 31.7 Å². The maximum atomic E-state index is 12.0. The Labute approximate surface area is 228 Å². The summed E-state index contributed by atoms with van der Waals surface area (Å²) < 4.78 is 0. The normalized spacial score (nSPS) is 30.1. The number of hydrogen-bond donors (Lipinski definition) is 1. The molecule has 2 fully saturated rings. The van der Waals surface area contributed by atoms with E-state index in [1.807, 2.05) is 6.20 Å². The van der Waals surface area contributed by atoms with E-state index in [0.29, 0.717) is 11.8 Å². The number of allylic oxidation sites excluding steroid dienone is 2. The number of carbonyl (C=O) groups excluding carboxylic acids is 1. The summed E-state index contributed by atoms with van der Waals surface area (Å²) in [4.78, 5) is 18.7. The molecule has 4 rings (SSSR count). The second-order valence-electron chi connectivity index (χ2n) is 11.9. The largest absolute Gasteiger partial charge is 0.340 e. The Bertz CT molecular complexity index is 850. The van der Waals surface area contributed by atoms with Crippen LogP contribution in [0.15, 0.2) is 24.5 Å². The fourth-order valence-corrected chi connectivity index (χ4v) is 7.65. The number of nitrogens with zero attached hydrogens (tertiary/aromatic N) is 2. The highest BCUT2D eigenvalue weighted by Crippen LogP contribution is 2.63. The Kier molecular flexibility index (Phi) is 12.8. The van der Waals surface area contributed by atoms with E-state index >= 15 is 0 Å². The second kappa shape index (κ2) is 15.0. The number of likely N-dealkylation sites (tertiary alicyclic amines) is 1. The zero-order chi connectivity index (χ0) is 27.5. The molecule has 1 aliphatic heterocycles. The molecule has 4 nitrogen and oxygen atoms in total. The van der Waals surface area contributed by atoms with Gasteiger partial charge < -0.3 is 10.6 Å². The Morgan fingerprint density at radius 1 is 1.00 bits per heavy atom. The van der Waals surface area contributed by atoms with Crippen molar-refractivity contribution in [2.45, 2.75) is 124 Å². The predicted molar refractivity (Wildman–Crippen MR) is 159 cm³/mol. The number of hydrogen-bond acceptors (Lipinski definition) is 3. The molecule has 0 bridgehead atoms. The first-order valence-electron chi connectivity index (χ1n) is 15.3. The summed E-state index contributed by atoms with van der Waals surface area (Å²) in [5, 5.41) is 0. The highest BCUT2D eigenvalue weighted by atomic mass is 16.1. The average Bonchev–Trinajstić information content (AvgIpc) is 3.28. The van der Waals surface area contributed by atoms with Crippen molar-refractivity contribution in [3.05, 3.63) is 35.7 Å². The molecular weight excluding hydrogens is 454 g/mol. The van der Waals surface area contributed by atoms with Gasteiger partial charge in [-0.2, -0.15) is 0 Å². The molecule has 5 atom stereocenters. The average molecular weight is 512 g/mol. The molecule has 1 aromatic heterocycles. The van der Waals surface area contributed by atoms with Crippen molar-refractivity contribution >= 4 is 12.0 Å². The molecule has 1 saturated heterocycles. The zero-order valence-corrected chi connectivity index (χ0v) is 25.2. The van der Waals surface area contributed by atoms with Crippen LogP contribution in [-0.2, 0) is 11.2 Å². The summed E-state index contributed by atoms with van der Waals surface area (Å²) in [6, 6.07) is 2.36. The Balaban J connectivity index is 0.000000617. The Morgan fingerprint density at radius 2 is 1.70 bits per heavy atom. The van der Waals surface area contributed by atoms with Crippen molar-refractivity contribution < 1.29 is 4.79 Å². The predicted octanol–water partition coefficient (Wildman–Crippen LogP) is 8.05. The first kappa shape index (κ1) is 31.5. The maximum absolute atomic E-state index is 12.0. The van der Waals surface area contributed by atoms with E-state index in [4.69, 9.17) is 0 Å². The molecule has 1 aromatic rings. The third-order valence-electron chi connectivity index (χ3n) is 9.81. The Morgan fingerprint density at radius 3 is 2.30 bits per heavy atom. The minimum atomic E-state index is 0.0353. The summed E-state index contributed by atoms with van der Waals surface area (Å²) >= 11 is 0. The van der Waals surface area contributed by atoms with Gasteiger partial charge in [-0.1, -0.05) is 79.2 Å². The molecule has 3 aliphatic rings. The lowest BCUT2D eigenvalue weighted by Gasteiger charge is -2.59. The number of amides is 1. The summed E-state index contributed by atoms with van der Waals surface area (Å²) in [5.74, 6) is 2.07.